The molecule has 1 heterocycles. The van der Waals surface area contributed by atoms with Crippen LogP contribution in [0.25, 0.3) is 0 Å². The topological polar surface area (TPSA) is 68.0 Å². The maximum absolute atomic E-state index is 11.8. The second kappa shape index (κ2) is 5.50. The van der Waals surface area contributed by atoms with Crippen LogP contribution >= 0.6 is 23.2 Å². The van der Waals surface area contributed by atoms with Gasteiger partial charge in [-0.3, -0.25) is 4.79 Å². The molecule has 21 heavy (non-hydrogen) atoms. The largest absolute Gasteiger partial charge is 0.510 e. The van der Waals surface area contributed by atoms with Crippen LogP contribution in [0.15, 0.2) is 42.7 Å². The summed E-state index contributed by atoms with van der Waals surface area (Å²) in [5.74, 6) is -0.526. The smallest absolute Gasteiger partial charge is 0.159 e. The Kier molecular flexibility index (Phi) is 3.69. The second-order valence-corrected chi connectivity index (χ2v) is 5.68. The van der Waals surface area contributed by atoms with E-state index in [1.165, 1.54) is 23.4 Å². The highest BCUT2D eigenvalue weighted by Gasteiger charge is 2.35. The molecular formula is C14H11Cl2N3O2. The molecule has 0 amide bonds. The third-order valence-corrected chi connectivity index (χ3v) is 4.06. The van der Waals surface area contributed by atoms with Gasteiger partial charge in [0.2, 0.25) is 0 Å². The Balaban J connectivity index is 2.10. The number of aliphatic hydroxyl groups excluding tert-OH is 1. The first-order chi connectivity index (χ1) is 10.1. The van der Waals surface area contributed by atoms with Crippen LogP contribution < -0.4 is 0 Å². The predicted octanol–water partition coefficient (Wildman–Crippen LogP) is 3.32. The van der Waals surface area contributed by atoms with Gasteiger partial charge in [0.1, 0.15) is 24.5 Å². The number of benzene rings is 1. The number of hydrogen-bond donors (Lipinski definition) is 1. The number of hydrogen-bond acceptors (Lipinski definition) is 4. The number of aromatic nitrogens is 3. The predicted molar refractivity (Wildman–Crippen MR) is 78.6 cm³/mol. The molecule has 1 N–H and O–H groups in total. The molecule has 0 aliphatic heterocycles. The highest BCUT2D eigenvalue weighted by molar-refractivity contribution is 6.35. The standard InChI is InChI=1S/C14H11Cl2N3O2/c15-8-1-2-10(12(16)3-8)11-4-9(20)5-13(21)14(11)19-7-17-6-18-19/h1-3,5-7,11,14,21H,4H2/t11-,14-/m1/s1. The molecule has 0 saturated heterocycles. The summed E-state index contributed by atoms with van der Waals surface area (Å²) in [7, 11) is 0. The third kappa shape index (κ3) is 2.66. The van der Waals surface area contributed by atoms with Gasteiger partial charge in [-0.15, -0.1) is 0 Å². The summed E-state index contributed by atoms with van der Waals surface area (Å²) in [5.41, 5.74) is 0.745. The van der Waals surface area contributed by atoms with E-state index < -0.39 is 6.04 Å². The number of allylic oxidation sites excluding steroid dienone is 2. The molecule has 3 rings (SSSR count). The van der Waals surface area contributed by atoms with E-state index in [0.717, 1.165) is 5.56 Å². The van der Waals surface area contributed by atoms with E-state index in [4.69, 9.17) is 23.2 Å². The normalized spacial score (nSPS) is 22.2. The van der Waals surface area contributed by atoms with E-state index in [1.807, 2.05) is 0 Å². The number of nitrogens with zero attached hydrogens (tertiary/aromatic N) is 3. The zero-order valence-electron chi connectivity index (χ0n) is 10.8. The number of carbonyl (C=O) groups is 1. The van der Waals surface area contributed by atoms with Crippen molar-refractivity contribution in [2.45, 2.75) is 18.4 Å². The summed E-state index contributed by atoms with van der Waals surface area (Å²) in [6.45, 7) is 0. The molecule has 0 fully saturated rings. The Bertz CT molecular complexity index is 713. The Hall–Kier alpha value is -1.85. The molecule has 1 aliphatic carbocycles. The lowest BCUT2D eigenvalue weighted by atomic mass is 9.82. The van der Waals surface area contributed by atoms with Crippen LogP contribution in [0.1, 0.15) is 23.9 Å². The fourth-order valence-corrected chi connectivity index (χ4v) is 3.16. The highest BCUT2D eigenvalue weighted by atomic mass is 35.5. The Morgan fingerprint density at radius 1 is 1.33 bits per heavy atom. The van der Waals surface area contributed by atoms with E-state index in [2.05, 4.69) is 10.1 Å². The zero-order valence-corrected chi connectivity index (χ0v) is 12.3. The maximum atomic E-state index is 11.8. The fourth-order valence-electron chi connectivity index (χ4n) is 2.61. The van der Waals surface area contributed by atoms with Crippen LogP contribution in [0.2, 0.25) is 10.0 Å². The van der Waals surface area contributed by atoms with Gasteiger partial charge in [0.25, 0.3) is 0 Å². The highest BCUT2D eigenvalue weighted by Crippen LogP contribution is 2.42. The lowest BCUT2D eigenvalue weighted by molar-refractivity contribution is -0.116. The first kappa shape index (κ1) is 14.1. The van der Waals surface area contributed by atoms with E-state index in [-0.39, 0.29) is 23.9 Å². The average Bonchev–Trinajstić information content (AvgIpc) is 2.91. The summed E-state index contributed by atoms with van der Waals surface area (Å²) >= 11 is 12.2. The van der Waals surface area contributed by atoms with E-state index in [0.29, 0.717) is 10.0 Å². The van der Waals surface area contributed by atoms with Gasteiger partial charge in [-0.2, -0.15) is 5.10 Å². The number of carbonyl (C=O) groups excluding carboxylic acids is 1. The van der Waals surface area contributed by atoms with E-state index >= 15 is 0 Å². The van der Waals surface area contributed by atoms with Crippen molar-refractivity contribution in [1.82, 2.24) is 14.8 Å². The van der Waals surface area contributed by atoms with Crippen molar-refractivity contribution in [2.75, 3.05) is 0 Å². The molecule has 5 nitrogen and oxygen atoms in total. The minimum absolute atomic E-state index is 0.0484. The third-order valence-electron chi connectivity index (χ3n) is 3.50. The van der Waals surface area contributed by atoms with E-state index in [9.17, 15) is 9.90 Å². The molecule has 0 spiro atoms. The van der Waals surface area contributed by atoms with Gasteiger partial charge in [0.15, 0.2) is 5.78 Å². The van der Waals surface area contributed by atoms with E-state index in [1.54, 1.807) is 18.2 Å². The monoisotopic (exact) mass is 323 g/mol. The summed E-state index contributed by atoms with van der Waals surface area (Å²) in [6.07, 6.45) is 4.34. The summed E-state index contributed by atoms with van der Waals surface area (Å²) < 4.78 is 1.52. The average molecular weight is 324 g/mol. The molecule has 1 aromatic carbocycles. The van der Waals surface area contributed by atoms with Crippen molar-refractivity contribution in [3.8, 4) is 0 Å². The van der Waals surface area contributed by atoms with Crippen LogP contribution in [0, 0.1) is 0 Å². The minimum atomic E-state index is -0.510. The molecule has 1 aromatic heterocycles. The number of ketones is 1. The van der Waals surface area contributed by atoms with Crippen LogP contribution in [0.4, 0.5) is 0 Å². The van der Waals surface area contributed by atoms with Crippen molar-refractivity contribution in [2.24, 2.45) is 0 Å². The zero-order chi connectivity index (χ0) is 15.0. The van der Waals surface area contributed by atoms with Gasteiger partial charge in [-0.05, 0) is 17.7 Å². The Morgan fingerprint density at radius 2 is 2.14 bits per heavy atom. The van der Waals surface area contributed by atoms with Gasteiger partial charge in [-0.25, -0.2) is 9.67 Å². The van der Waals surface area contributed by atoms with Crippen LogP contribution in [0.5, 0.6) is 0 Å². The van der Waals surface area contributed by atoms with Gasteiger partial charge in [-0.1, -0.05) is 29.3 Å². The van der Waals surface area contributed by atoms with Gasteiger partial charge < -0.3 is 5.11 Å². The number of aliphatic hydroxyl groups is 1. The SMILES string of the molecule is O=C1C=C(O)[C@H](n2cncn2)[C@@H](c2ccc(Cl)cc2Cl)C1. The summed E-state index contributed by atoms with van der Waals surface area (Å²) in [5, 5.41) is 15.2. The van der Waals surface area contributed by atoms with Crippen LogP contribution in [0.3, 0.4) is 0 Å². The number of rotatable bonds is 2. The lowest BCUT2D eigenvalue weighted by Crippen LogP contribution is -2.27. The molecule has 0 unspecified atom stereocenters. The minimum Gasteiger partial charge on any atom is -0.510 e. The van der Waals surface area contributed by atoms with Gasteiger partial charge >= 0.3 is 0 Å². The lowest BCUT2D eigenvalue weighted by Gasteiger charge is -2.30. The van der Waals surface area contributed by atoms with Crippen LogP contribution in [-0.4, -0.2) is 25.7 Å². The fraction of sp³-hybridized carbons (Fsp3) is 0.214. The molecule has 2 atom stereocenters. The molecule has 7 heteroatoms. The van der Waals surface area contributed by atoms with Gasteiger partial charge in [0.05, 0.1) is 0 Å². The van der Waals surface area contributed by atoms with Crippen molar-refractivity contribution < 1.29 is 9.90 Å². The summed E-state index contributed by atoms with van der Waals surface area (Å²) in [4.78, 5) is 15.7. The first-order valence-corrected chi connectivity index (χ1v) is 7.04. The second-order valence-electron chi connectivity index (χ2n) is 4.83. The molecule has 2 aromatic rings. The molecule has 1 aliphatic rings. The van der Waals surface area contributed by atoms with Crippen LogP contribution in [-0.2, 0) is 4.79 Å². The first-order valence-electron chi connectivity index (χ1n) is 6.28. The Labute approximate surface area is 130 Å². The number of halogens is 2. The molecular weight excluding hydrogens is 313 g/mol. The quantitative estimate of drug-likeness (QED) is 0.920. The molecule has 0 bridgehead atoms. The van der Waals surface area contributed by atoms with Gasteiger partial charge in [0, 0.05) is 28.5 Å². The van der Waals surface area contributed by atoms with Crippen molar-refractivity contribution in [3.05, 3.63) is 58.3 Å². The molecule has 108 valence electrons. The molecule has 0 saturated carbocycles. The maximum Gasteiger partial charge on any atom is 0.159 e. The molecule has 0 radical (unpaired) electrons. The van der Waals surface area contributed by atoms with Crippen molar-refractivity contribution in [3.63, 3.8) is 0 Å². The van der Waals surface area contributed by atoms with Crippen molar-refractivity contribution >= 4 is 29.0 Å². The Morgan fingerprint density at radius 3 is 2.81 bits per heavy atom. The summed E-state index contributed by atoms with van der Waals surface area (Å²) in [6, 6.07) is 4.59. The van der Waals surface area contributed by atoms with Crippen molar-refractivity contribution in [1.29, 1.82) is 0 Å².